The summed E-state index contributed by atoms with van der Waals surface area (Å²) in [5.41, 5.74) is 2.72. The molecule has 0 radical (unpaired) electrons. The van der Waals surface area contributed by atoms with Crippen LogP contribution in [-0.4, -0.2) is 6.04 Å². The summed E-state index contributed by atoms with van der Waals surface area (Å²) in [5, 5.41) is 3.57. The maximum atomic E-state index is 4.38. The minimum atomic E-state index is 0.642. The number of nitrogens with one attached hydrogen (secondary N) is 1. The largest absolute Gasteiger partial charge is 0.382 e. The van der Waals surface area contributed by atoms with Crippen molar-refractivity contribution >= 4 is 18.3 Å². The molecule has 0 saturated heterocycles. The van der Waals surface area contributed by atoms with E-state index in [1.165, 1.54) is 24.1 Å². The van der Waals surface area contributed by atoms with Gasteiger partial charge >= 0.3 is 0 Å². The predicted octanol–water partition coefficient (Wildman–Crippen LogP) is 3.67. The molecular formula is C12H17NS. The summed E-state index contributed by atoms with van der Waals surface area (Å²) in [5.74, 6) is 0.656. The van der Waals surface area contributed by atoms with E-state index < -0.39 is 0 Å². The Morgan fingerprint density at radius 3 is 3.00 bits per heavy atom. The lowest BCUT2D eigenvalue weighted by Gasteiger charge is -2.31. The van der Waals surface area contributed by atoms with E-state index in [0.717, 1.165) is 4.90 Å². The molecule has 1 aromatic rings. The first-order chi connectivity index (χ1) is 6.70. The molecule has 2 heteroatoms. The second-order valence-electron chi connectivity index (χ2n) is 4.16. The van der Waals surface area contributed by atoms with Crippen molar-refractivity contribution in [2.24, 2.45) is 0 Å². The maximum absolute atomic E-state index is 4.38. The Kier molecular flexibility index (Phi) is 2.73. The van der Waals surface area contributed by atoms with Crippen LogP contribution in [0, 0.1) is 0 Å². The van der Waals surface area contributed by atoms with Gasteiger partial charge in [-0.15, -0.1) is 12.6 Å². The van der Waals surface area contributed by atoms with Crippen LogP contribution in [0.3, 0.4) is 0 Å². The third-order valence-electron chi connectivity index (χ3n) is 3.06. The quantitative estimate of drug-likeness (QED) is 0.670. The number of rotatable bonds is 1. The van der Waals surface area contributed by atoms with E-state index in [9.17, 15) is 0 Å². The van der Waals surface area contributed by atoms with Crippen molar-refractivity contribution in [1.82, 2.24) is 0 Å². The summed E-state index contributed by atoms with van der Waals surface area (Å²) in [7, 11) is 0. The molecule has 0 saturated carbocycles. The lowest BCUT2D eigenvalue weighted by atomic mass is 9.87. The van der Waals surface area contributed by atoms with Gasteiger partial charge in [-0.3, -0.25) is 0 Å². The van der Waals surface area contributed by atoms with Crippen LogP contribution >= 0.6 is 12.6 Å². The van der Waals surface area contributed by atoms with Crippen LogP contribution in [0.1, 0.15) is 38.2 Å². The smallest absolute Gasteiger partial charge is 0.0378 e. The lowest BCUT2D eigenvalue weighted by molar-refractivity contribution is 0.546. The van der Waals surface area contributed by atoms with E-state index in [2.05, 4.69) is 50.0 Å². The summed E-state index contributed by atoms with van der Waals surface area (Å²) in [4.78, 5) is 1.06. The van der Waals surface area contributed by atoms with Crippen LogP contribution in [0.25, 0.3) is 0 Å². The molecule has 1 nitrogen and oxygen atoms in total. The molecule has 1 N–H and O–H groups in total. The molecule has 0 spiro atoms. The number of fused-ring (bicyclic) bond motifs is 1. The monoisotopic (exact) mass is 207 g/mol. The zero-order valence-electron chi connectivity index (χ0n) is 8.75. The fourth-order valence-corrected chi connectivity index (χ4v) is 2.40. The lowest BCUT2D eigenvalue weighted by Crippen LogP contribution is -2.26. The number of benzene rings is 1. The molecule has 0 aliphatic carbocycles. The van der Waals surface area contributed by atoms with Crippen LogP contribution in [0.5, 0.6) is 0 Å². The molecule has 0 bridgehead atoms. The van der Waals surface area contributed by atoms with E-state index >= 15 is 0 Å². The summed E-state index contributed by atoms with van der Waals surface area (Å²) in [6.45, 7) is 4.54. The molecule has 1 aliphatic heterocycles. The SMILES string of the molecule is CC[C@@H]1CC(C)c2cc(S)ccc2N1. The standard InChI is InChI=1S/C12H17NS/c1-3-9-6-8(2)11-7-10(14)4-5-12(11)13-9/h4-5,7-9,13-14H,3,6H2,1-2H3/t8?,9-/m1/s1. The Hall–Kier alpha value is -0.630. The average Bonchev–Trinajstić information content (AvgIpc) is 2.19. The zero-order chi connectivity index (χ0) is 10.1. The fourth-order valence-electron chi connectivity index (χ4n) is 2.19. The summed E-state index contributed by atoms with van der Waals surface area (Å²) in [6.07, 6.45) is 2.44. The highest BCUT2D eigenvalue weighted by molar-refractivity contribution is 7.80. The molecule has 1 unspecified atom stereocenters. The van der Waals surface area contributed by atoms with Crippen molar-refractivity contribution in [3.63, 3.8) is 0 Å². The Morgan fingerprint density at radius 1 is 1.50 bits per heavy atom. The summed E-state index contributed by atoms with van der Waals surface area (Å²) < 4.78 is 0. The molecule has 2 rings (SSSR count). The van der Waals surface area contributed by atoms with Gasteiger partial charge in [0.05, 0.1) is 0 Å². The van der Waals surface area contributed by atoms with E-state index in [1.54, 1.807) is 0 Å². The summed E-state index contributed by atoms with van der Waals surface area (Å²) in [6, 6.07) is 7.03. The molecular weight excluding hydrogens is 190 g/mol. The van der Waals surface area contributed by atoms with Gasteiger partial charge < -0.3 is 5.32 Å². The van der Waals surface area contributed by atoms with Crippen molar-refractivity contribution in [2.75, 3.05) is 5.32 Å². The van der Waals surface area contributed by atoms with Gasteiger partial charge in [-0.1, -0.05) is 13.8 Å². The van der Waals surface area contributed by atoms with Gasteiger partial charge in [0.15, 0.2) is 0 Å². The highest BCUT2D eigenvalue weighted by atomic mass is 32.1. The minimum absolute atomic E-state index is 0.642. The van der Waals surface area contributed by atoms with E-state index in [0.29, 0.717) is 12.0 Å². The molecule has 0 aromatic heterocycles. The maximum Gasteiger partial charge on any atom is 0.0378 e. The van der Waals surface area contributed by atoms with Crippen LogP contribution < -0.4 is 5.32 Å². The molecule has 0 amide bonds. The number of hydrogen-bond donors (Lipinski definition) is 2. The normalized spacial score (nSPS) is 25.4. The number of thiol groups is 1. The molecule has 14 heavy (non-hydrogen) atoms. The highest BCUT2D eigenvalue weighted by Crippen LogP contribution is 2.35. The second kappa shape index (κ2) is 3.85. The first kappa shape index (κ1) is 9.91. The Labute approximate surface area is 91.3 Å². The number of hydrogen-bond acceptors (Lipinski definition) is 2. The third kappa shape index (κ3) is 1.76. The van der Waals surface area contributed by atoms with Gasteiger partial charge in [0.2, 0.25) is 0 Å². The molecule has 0 fully saturated rings. The van der Waals surface area contributed by atoms with Gasteiger partial charge in [-0.25, -0.2) is 0 Å². The fraction of sp³-hybridized carbons (Fsp3) is 0.500. The minimum Gasteiger partial charge on any atom is -0.382 e. The van der Waals surface area contributed by atoms with Crippen LogP contribution in [-0.2, 0) is 0 Å². The summed E-state index contributed by atoms with van der Waals surface area (Å²) >= 11 is 4.38. The van der Waals surface area contributed by atoms with Gasteiger partial charge in [0.25, 0.3) is 0 Å². The van der Waals surface area contributed by atoms with Crippen molar-refractivity contribution in [3.05, 3.63) is 23.8 Å². The molecule has 2 atom stereocenters. The Bertz CT molecular complexity index is 335. The van der Waals surface area contributed by atoms with E-state index in [1.807, 2.05) is 0 Å². The predicted molar refractivity (Wildman–Crippen MR) is 64.4 cm³/mol. The topological polar surface area (TPSA) is 12.0 Å². The van der Waals surface area contributed by atoms with Crippen molar-refractivity contribution in [3.8, 4) is 0 Å². The Morgan fingerprint density at radius 2 is 2.29 bits per heavy atom. The third-order valence-corrected chi connectivity index (χ3v) is 3.33. The van der Waals surface area contributed by atoms with Crippen molar-refractivity contribution < 1.29 is 0 Å². The Balaban J connectivity index is 2.35. The highest BCUT2D eigenvalue weighted by Gasteiger charge is 2.21. The van der Waals surface area contributed by atoms with Crippen molar-refractivity contribution in [2.45, 2.75) is 43.5 Å². The molecule has 1 aliphatic rings. The first-order valence-corrected chi connectivity index (χ1v) is 5.75. The van der Waals surface area contributed by atoms with E-state index in [-0.39, 0.29) is 0 Å². The van der Waals surface area contributed by atoms with Crippen LogP contribution in [0.4, 0.5) is 5.69 Å². The van der Waals surface area contributed by atoms with E-state index in [4.69, 9.17) is 0 Å². The van der Waals surface area contributed by atoms with Crippen LogP contribution in [0.2, 0.25) is 0 Å². The van der Waals surface area contributed by atoms with Gasteiger partial charge in [0, 0.05) is 16.6 Å². The van der Waals surface area contributed by atoms with Gasteiger partial charge in [-0.05, 0) is 42.5 Å². The van der Waals surface area contributed by atoms with Crippen LogP contribution in [0.15, 0.2) is 23.1 Å². The second-order valence-corrected chi connectivity index (χ2v) is 4.67. The zero-order valence-corrected chi connectivity index (χ0v) is 9.64. The van der Waals surface area contributed by atoms with Gasteiger partial charge in [-0.2, -0.15) is 0 Å². The van der Waals surface area contributed by atoms with Gasteiger partial charge in [0.1, 0.15) is 0 Å². The molecule has 76 valence electrons. The number of anilines is 1. The average molecular weight is 207 g/mol. The first-order valence-electron chi connectivity index (χ1n) is 5.30. The van der Waals surface area contributed by atoms with Crippen molar-refractivity contribution in [1.29, 1.82) is 0 Å². The molecule has 1 aromatic carbocycles. The molecule has 1 heterocycles.